The van der Waals surface area contributed by atoms with Crippen LogP contribution >= 0.6 is 0 Å². The molecule has 0 fully saturated rings. The van der Waals surface area contributed by atoms with Crippen LogP contribution in [0.4, 0.5) is 0 Å². The molecule has 1 atom stereocenters. The molecule has 0 heterocycles. The number of methoxy groups -OCH3 is 1. The van der Waals surface area contributed by atoms with E-state index in [2.05, 4.69) is 0 Å². The van der Waals surface area contributed by atoms with E-state index >= 15 is 0 Å². The number of hydrogen-bond donors (Lipinski definition) is 1. The largest absolute Gasteiger partial charge is 0.480 e. The van der Waals surface area contributed by atoms with Crippen molar-refractivity contribution >= 4 is 11.5 Å². The zero-order valence-electron chi connectivity index (χ0n) is 11.7. The van der Waals surface area contributed by atoms with Gasteiger partial charge in [0.05, 0.1) is 6.61 Å². The molecule has 1 unspecified atom stereocenters. The summed E-state index contributed by atoms with van der Waals surface area (Å²) in [5.41, 5.74) is 2.36. The molecule has 0 spiro atoms. The van der Waals surface area contributed by atoms with Crippen LogP contribution in [0.2, 0.25) is 0 Å². The Kier molecular flexibility index (Phi) is 3.35. The first-order chi connectivity index (χ1) is 10.2. The Bertz CT molecular complexity index is 689. The smallest absolute Gasteiger partial charge is 0.323 e. The summed E-state index contributed by atoms with van der Waals surface area (Å²) >= 11 is 0. The normalized spacial score (nSPS) is 20.4. The number of rotatable bonds is 5. The van der Waals surface area contributed by atoms with Gasteiger partial charge in [0, 0.05) is 7.11 Å². The van der Waals surface area contributed by atoms with Crippen molar-refractivity contribution in [2.75, 3.05) is 13.7 Å². The van der Waals surface area contributed by atoms with Gasteiger partial charge in [-0.2, -0.15) is 0 Å². The number of hydrogen-bond acceptors (Lipinski definition) is 2. The van der Waals surface area contributed by atoms with Crippen LogP contribution in [0.1, 0.15) is 11.1 Å². The molecular weight excluding hydrogens is 264 g/mol. The molecule has 0 radical (unpaired) electrons. The predicted molar refractivity (Wildman–Crippen MR) is 81.0 cm³/mol. The summed E-state index contributed by atoms with van der Waals surface area (Å²) in [5.74, 6) is -0.848. The van der Waals surface area contributed by atoms with Crippen molar-refractivity contribution in [3.63, 3.8) is 0 Å². The van der Waals surface area contributed by atoms with Crippen LogP contribution in [0.3, 0.4) is 0 Å². The molecule has 2 aromatic rings. The van der Waals surface area contributed by atoms with Crippen LogP contribution in [-0.2, 0) is 14.9 Å². The Hall–Kier alpha value is -2.39. The van der Waals surface area contributed by atoms with Crippen molar-refractivity contribution in [2.45, 2.75) is 5.41 Å². The molecule has 106 valence electrons. The summed E-state index contributed by atoms with van der Waals surface area (Å²) in [6, 6.07) is 19.0. The van der Waals surface area contributed by atoms with Crippen molar-refractivity contribution in [3.05, 3.63) is 77.4 Å². The summed E-state index contributed by atoms with van der Waals surface area (Å²) < 4.78 is 5.22. The highest BCUT2D eigenvalue weighted by atomic mass is 16.5. The molecule has 1 aliphatic rings. The van der Waals surface area contributed by atoms with Gasteiger partial charge in [-0.15, -0.1) is 0 Å². The van der Waals surface area contributed by atoms with Gasteiger partial charge < -0.3 is 9.84 Å². The van der Waals surface area contributed by atoms with Crippen LogP contribution in [0, 0.1) is 0 Å². The molecule has 1 N–H and O–H groups in total. The van der Waals surface area contributed by atoms with E-state index in [0.717, 1.165) is 22.3 Å². The summed E-state index contributed by atoms with van der Waals surface area (Å²) in [4.78, 5) is 12.1. The Balaban J connectivity index is 2.13. The van der Waals surface area contributed by atoms with Crippen molar-refractivity contribution < 1.29 is 14.6 Å². The molecule has 0 aliphatic heterocycles. The lowest BCUT2D eigenvalue weighted by molar-refractivity contribution is -0.139. The van der Waals surface area contributed by atoms with E-state index in [1.807, 2.05) is 60.7 Å². The van der Waals surface area contributed by atoms with Crippen molar-refractivity contribution in [3.8, 4) is 0 Å². The second kappa shape index (κ2) is 5.19. The lowest BCUT2D eigenvalue weighted by Crippen LogP contribution is -2.26. The van der Waals surface area contributed by atoms with E-state index in [0.29, 0.717) is 6.61 Å². The molecule has 3 nitrogen and oxygen atoms in total. The number of aliphatic carboxylic acids is 1. The monoisotopic (exact) mass is 280 g/mol. The van der Waals surface area contributed by atoms with E-state index < -0.39 is 11.4 Å². The molecule has 0 bridgehead atoms. The lowest BCUT2D eigenvalue weighted by atomic mass is 9.86. The molecule has 2 aromatic carbocycles. The average Bonchev–Trinajstić information content (AvgIpc) is 3.19. The van der Waals surface area contributed by atoms with Crippen molar-refractivity contribution in [1.82, 2.24) is 0 Å². The van der Waals surface area contributed by atoms with E-state index in [-0.39, 0.29) is 0 Å². The van der Waals surface area contributed by atoms with Gasteiger partial charge >= 0.3 is 5.97 Å². The molecule has 1 aliphatic carbocycles. The van der Waals surface area contributed by atoms with E-state index in [1.165, 1.54) is 0 Å². The summed E-state index contributed by atoms with van der Waals surface area (Å²) in [6.07, 6.45) is 0. The molecule has 3 heteroatoms. The Labute approximate surface area is 123 Å². The maximum Gasteiger partial charge on any atom is 0.323 e. The van der Waals surface area contributed by atoms with E-state index in [9.17, 15) is 9.90 Å². The quantitative estimate of drug-likeness (QED) is 0.915. The second-order valence-electron chi connectivity index (χ2n) is 5.07. The highest BCUT2D eigenvalue weighted by molar-refractivity contribution is 6.14. The van der Waals surface area contributed by atoms with E-state index in [1.54, 1.807) is 7.11 Å². The minimum atomic E-state index is -1.04. The van der Waals surface area contributed by atoms with Gasteiger partial charge in [0.2, 0.25) is 0 Å². The highest BCUT2D eigenvalue weighted by Crippen LogP contribution is 2.59. The van der Waals surface area contributed by atoms with Crippen LogP contribution in [0.5, 0.6) is 0 Å². The molecule has 0 saturated heterocycles. The maximum atomic E-state index is 12.1. The minimum Gasteiger partial charge on any atom is -0.480 e. The van der Waals surface area contributed by atoms with Gasteiger partial charge in [-0.05, 0) is 22.3 Å². The number of benzene rings is 2. The number of ether oxygens (including phenoxy) is 1. The van der Waals surface area contributed by atoms with Crippen LogP contribution in [0.25, 0.3) is 5.57 Å². The molecule has 3 rings (SSSR count). The van der Waals surface area contributed by atoms with Crippen molar-refractivity contribution in [1.29, 1.82) is 0 Å². The molecule has 21 heavy (non-hydrogen) atoms. The first kappa shape index (κ1) is 13.6. The summed E-state index contributed by atoms with van der Waals surface area (Å²) in [6.45, 7) is 0.325. The topological polar surface area (TPSA) is 46.5 Å². The van der Waals surface area contributed by atoms with Crippen LogP contribution in [0.15, 0.2) is 66.2 Å². The van der Waals surface area contributed by atoms with Gasteiger partial charge in [0.15, 0.2) is 0 Å². The third kappa shape index (κ3) is 1.98. The number of carboxylic acid groups (broad SMARTS) is 1. The number of carboxylic acids is 1. The van der Waals surface area contributed by atoms with Gasteiger partial charge in [0.25, 0.3) is 0 Å². The lowest BCUT2D eigenvalue weighted by Gasteiger charge is -2.16. The Morgan fingerprint density at radius 1 is 1.05 bits per heavy atom. The van der Waals surface area contributed by atoms with Gasteiger partial charge in [-0.1, -0.05) is 60.7 Å². The first-order valence-electron chi connectivity index (χ1n) is 6.80. The summed E-state index contributed by atoms with van der Waals surface area (Å²) in [5, 5.41) is 9.89. The molecular formula is C18H16O3. The molecule has 0 saturated carbocycles. The standard InChI is InChI=1S/C18H16O3/c1-21-12-15-16(13-8-4-2-5-9-13)18(15,17(19)20)14-10-6-3-7-11-14/h2-11H,12H2,1H3,(H,19,20). The van der Waals surface area contributed by atoms with Gasteiger partial charge in [-0.3, -0.25) is 4.79 Å². The molecule has 0 amide bonds. The van der Waals surface area contributed by atoms with Gasteiger partial charge in [-0.25, -0.2) is 0 Å². The second-order valence-corrected chi connectivity index (χ2v) is 5.07. The highest BCUT2D eigenvalue weighted by Gasteiger charge is 2.60. The third-order valence-electron chi connectivity index (χ3n) is 3.95. The summed E-state index contributed by atoms with van der Waals surface area (Å²) in [7, 11) is 1.59. The SMILES string of the molecule is COCC1=C(c2ccccc2)C1(C(=O)O)c1ccccc1. The zero-order chi connectivity index (χ0) is 14.9. The maximum absolute atomic E-state index is 12.1. The van der Waals surface area contributed by atoms with Crippen LogP contribution in [-0.4, -0.2) is 24.8 Å². The predicted octanol–water partition coefficient (Wildman–Crippen LogP) is 3.12. The van der Waals surface area contributed by atoms with Gasteiger partial charge in [0.1, 0.15) is 5.41 Å². The van der Waals surface area contributed by atoms with E-state index in [4.69, 9.17) is 4.74 Å². The average molecular weight is 280 g/mol. The minimum absolute atomic E-state index is 0.325. The number of carbonyl (C=O) groups is 1. The Morgan fingerprint density at radius 3 is 2.14 bits per heavy atom. The first-order valence-corrected chi connectivity index (χ1v) is 6.80. The van der Waals surface area contributed by atoms with Crippen molar-refractivity contribution in [2.24, 2.45) is 0 Å². The fraction of sp³-hybridized carbons (Fsp3) is 0.167. The van der Waals surface area contributed by atoms with Crippen LogP contribution < -0.4 is 0 Å². The fourth-order valence-corrected chi connectivity index (χ4v) is 3.02. The molecule has 0 aromatic heterocycles. The Morgan fingerprint density at radius 2 is 1.62 bits per heavy atom. The zero-order valence-corrected chi connectivity index (χ0v) is 11.7. The fourth-order valence-electron chi connectivity index (χ4n) is 3.02. The third-order valence-corrected chi connectivity index (χ3v) is 3.95.